The molecule has 1 saturated heterocycles. The molecule has 19 heavy (non-hydrogen) atoms. The Morgan fingerprint density at radius 1 is 1.47 bits per heavy atom. The van der Waals surface area contributed by atoms with E-state index in [1.807, 2.05) is 9.80 Å². The van der Waals surface area contributed by atoms with Gasteiger partial charge in [0.05, 0.1) is 6.54 Å². The molecule has 0 radical (unpaired) electrons. The van der Waals surface area contributed by atoms with Crippen LogP contribution in [0.4, 0.5) is 11.5 Å². The van der Waals surface area contributed by atoms with Gasteiger partial charge in [0.15, 0.2) is 5.69 Å². The molecule has 0 spiro atoms. The molecule has 2 rings (SSSR count). The minimum atomic E-state index is -0.859. The van der Waals surface area contributed by atoms with Crippen LogP contribution in [0.3, 0.4) is 0 Å². The molecule has 1 aliphatic rings. The fourth-order valence-electron chi connectivity index (χ4n) is 2.20. The van der Waals surface area contributed by atoms with E-state index in [1.54, 1.807) is 0 Å². The van der Waals surface area contributed by atoms with Gasteiger partial charge in [0.25, 0.3) is 0 Å². The number of H-pyrrole nitrogens is 1. The average molecular weight is 269 g/mol. The van der Waals surface area contributed by atoms with Gasteiger partial charge in [-0.05, 0) is 11.3 Å². The molecule has 0 unspecified atom stereocenters. The van der Waals surface area contributed by atoms with Crippen molar-refractivity contribution < 1.29 is 14.8 Å². The van der Waals surface area contributed by atoms with Crippen molar-refractivity contribution in [3.05, 3.63) is 16.3 Å². The summed E-state index contributed by atoms with van der Waals surface area (Å²) >= 11 is 0. The van der Waals surface area contributed by atoms with E-state index in [9.17, 15) is 14.9 Å². The maximum Gasteiger partial charge on any atom is 0.366 e. The van der Waals surface area contributed by atoms with Gasteiger partial charge in [-0.25, -0.2) is 0 Å². The Labute approximate surface area is 109 Å². The Balaban J connectivity index is 2.04. The van der Waals surface area contributed by atoms with E-state index in [0.29, 0.717) is 31.9 Å². The minimum absolute atomic E-state index is 0.00131. The van der Waals surface area contributed by atoms with Crippen molar-refractivity contribution in [2.24, 2.45) is 0 Å². The molecule has 1 aromatic rings. The van der Waals surface area contributed by atoms with Crippen LogP contribution in [0.25, 0.3) is 0 Å². The third kappa shape index (κ3) is 3.19. The fraction of sp³-hybridized carbons (Fsp3) is 0.600. The number of aromatic amines is 1. The van der Waals surface area contributed by atoms with E-state index in [0.717, 1.165) is 6.42 Å². The average Bonchev–Trinajstić information content (AvgIpc) is 2.71. The van der Waals surface area contributed by atoms with Crippen LogP contribution in [-0.4, -0.2) is 63.8 Å². The first-order valence-corrected chi connectivity index (χ1v) is 5.95. The summed E-state index contributed by atoms with van der Waals surface area (Å²) in [6, 6.07) is 0. The molecule has 1 aliphatic heterocycles. The van der Waals surface area contributed by atoms with Crippen molar-refractivity contribution in [1.29, 1.82) is 0 Å². The zero-order chi connectivity index (χ0) is 13.8. The Morgan fingerprint density at radius 2 is 2.26 bits per heavy atom. The summed E-state index contributed by atoms with van der Waals surface area (Å²) in [6.45, 7) is 2.44. The Kier molecular flexibility index (Phi) is 3.95. The third-order valence-corrected chi connectivity index (χ3v) is 3.07. The number of anilines is 1. The van der Waals surface area contributed by atoms with Crippen LogP contribution in [0.5, 0.6) is 0 Å². The smallest absolute Gasteiger partial charge is 0.366 e. The number of nitro groups is 1. The number of hydrogen-bond donors (Lipinski definition) is 2. The molecule has 9 nitrogen and oxygen atoms in total. The third-order valence-electron chi connectivity index (χ3n) is 3.07. The normalized spacial score (nSPS) is 17.2. The van der Waals surface area contributed by atoms with Crippen molar-refractivity contribution in [2.75, 3.05) is 37.6 Å². The van der Waals surface area contributed by atoms with Gasteiger partial charge < -0.3 is 20.1 Å². The molecule has 0 aliphatic carbocycles. The lowest BCUT2D eigenvalue weighted by Gasteiger charge is -2.20. The van der Waals surface area contributed by atoms with Crippen molar-refractivity contribution in [2.45, 2.75) is 6.42 Å². The van der Waals surface area contributed by atoms with Crippen LogP contribution >= 0.6 is 0 Å². The number of rotatable bonds is 4. The van der Waals surface area contributed by atoms with Crippen molar-refractivity contribution in [1.82, 2.24) is 15.1 Å². The van der Waals surface area contributed by atoms with Crippen LogP contribution in [0, 0.1) is 10.1 Å². The number of hydrogen-bond acceptors (Lipinski definition) is 6. The molecular weight excluding hydrogens is 254 g/mol. The van der Waals surface area contributed by atoms with Gasteiger partial charge in [0, 0.05) is 26.2 Å². The summed E-state index contributed by atoms with van der Waals surface area (Å²) < 4.78 is 0. The van der Waals surface area contributed by atoms with E-state index >= 15 is 0 Å². The molecule has 0 atom stereocenters. The molecule has 0 bridgehead atoms. The van der Waals surface area contributed by atoms with Gasteiger partial charge >= 0.3 is 11.8 Å². The quantitative estimate of drug-likeness (QED) is 0.579. The summed E-state index contributed by atoms with van der Waals surface area (Å²) in [6.07, 6.45) is 2.20. The topological polar surface area (TPSA) is 116 Å². The Morgan fingerprint density at radius 3 is 2.95 bits per heavy atom. The number of carboxylic acids is 1. The fourth-order valence-corrected chi connectivity index (χ4v) is 2.20. The number of carbonyl (C=O) groups is 1. The second kappa shape index (κ2) is 5.65. The number of nitrogens with one attached hydrogen (secondary N) is 1. The predicted octanol–water partition coefficient (Wildman–Crippen LogP) is -0.0854. The van der Waals surface area contributed by atoms with Crippen molar-refractivity contribution >= 4 is 17.5 Å². The summed E-state index contributed by atoms with van der Waals surface area (Å²) in [7, 11) is 0. The molecule has 0 aromatic carbocycles. The molecule has 2 heterocycles. The molecule has 0 amide bonds. The highest BCUT2D eigenvalue weighted by Crippen LogP contribution is 2.25. The van der Waals surface area contributed by atoms with Crippen molar-refractivity contribution in [3.63, 3.8) is 0 Å². The van der Waals surface area contributed by atoms with Crippen LogP contribution in [0.1, 0.15) is 6.42 Å². The van der Waals surface area contributed by atoms with E-state index in [4.69, 9.17) is 5.11 Å². The van der Waals surface area contributed by atoms with Crippen LogP contribution in [0.2, 0.25) is 0 Å². The van der Waals surface area contributed by atoms with E-state index in [2.05, 4.69) is 10.2 Å². The zero-order valence-electron chi connectivity index (χ0n) is 10.3. The van der Waals surface area contributed by atoms with Gasteiger partial charge in [0.2, 0.25) is 0 Å². The minimum Gasteiger partial charge on any atom is -0.480 e. The largest absolute Gasteiger partial charge is 0.480 e. The molecular formula is C10H15N5O4. The van der Waals surface area contributed by atoms with E-state index in [-0.39, 0.29) is 12.4 Å². The van der Waals surface area contributed by atoms with E-state index in [1.165, 1.54) is 6.20 Å². The Hall–Kier alpha value is -2.16. The lowest BCUT2D eigenvalue weighted by Crippen LogP contribution is -2.34. The van der Waals surface area contributed by atoms with Gasteiger partial charge in [0.1, 0.15) is 6.20 Å². The highest BCUT2D eigenvalue weighted by atomic mass is 16.6. The highest BCUT2D eigenvalue weighted by molar-refractivity contribution is 5.69. The highest BCUT2D eigenvalue weighted by Gasteiger charge is 2.24. The first kappa shape index (κ1) is 13.3. The molecule has 1 fully saturated rings. The van der Waals surface area contributed by atoms with Gasteiger partial charge in [-0.2, -0.15) is 0 Å². The SMILES string of the molecule is O=C(O)CN1CCCN(c2cn[nH]c2[N+](=O)[O-])CC1. The van der Waals surface area contributed by atoms with Gasteiger partial charge in [-0.3, -0.25) is 9.69 Å². The first-order chi connectivity index (χ1) is 9.08. The Bertz CT molecular complexity index is 474. The standard InChI is InChI=1S/C10H15N5O4/c16-9(17)7-13-2-1-3-14(5-4-13)8-6-11-12-10(8)15(18)19/h6H,1-5,7H2,(H,11,12)(H,16,17). The van der Waals surface area contributed by atoms with Gasteiger partial charge in [-0.1, -0.05) is 5.10 Å². The molecule has 0 saturated carbocycles. The molecule has 9 heteroatoms. The van der Waals surface area contributed by atoms with Gasteiger partial charge in [-0.15, -0.1) is 5.10 Å². The number of carboxylic acid groups (broad SMARTS) is 1. The summed E-state index contributed by atoms with van der Waals surface area (Å²) in [5.41, 5.74) is 0.460. The summed E-state index contributed by atoms with van der Waals surface area (Å²) in [5, 5.41) is 25.7. The number of aromatic nitrogens is 2. The predicted molar refractivity (Wildman–Crippen MR) is 66.1 cm³/mol. The van der Waals surface area contributed by atoms with Crippen LogP contribution in [-0.2, 0) is 4.79 Å². The molecule has 1 aromatic heterocycles. The second-order valence-corrected chi connectivity index (χ2v) is 4.37. The van der Waals surface area contributed by atoms with Crippen LogP contribution in [0.15, 0.2) is 6.20 Å². The van der Waals surface area contributed by atoms with Crippen molar-refractivity contribution in [3.8, 4) is 0 Å². The lowest BCUT2D eigenvalue weighted by atomic mass is 10.3. The number of nitrogens with zero attached hydrogens (tertiary/aromatic N) is 4. The van der Waals surface area contributed by atoms with E-state index < -0.39 is 10.9 Å². The first-order valence-electron chi connectivity index (χ1n) is 5.95. The number of aliphatic carboxylic acids is 1. The maximum absolute atomic E-state index is 10.8. The summed E-state index contributed by atoms with van der Waals surface area (Å²) in [4.78, 5) is 24.7. The monoisotopic (exact) mass is 269 g/mol. The second-order valence-electron chi connectivity index (χ2n) is 4.37. The van der Waals surface area contributed by atoms with Crippen LogP contribution < -0.4 is 4.90 Å². The molecule has 2 N–H and O–H groups in total. The zero-order valence-corrected chi connectivity index (χ0v) is 10.3. The molecule has 104 valence electrons. The maximum atomic E-state index is 10.8. The summed E-state index contributed by atoms with van der Waals surface area (Å²) in [5.74, 6) is -0.977. The lowest BCUT2D eigenvalue weighted by molar-refractivity contribution is -0.388.